The van der Waals surface area contributed by atoms with Gasteiger partial charge in [0.2, 0.25) is 0 Å². The van der Waals surface area contributed by atoms with Crippen molar-refractivity contribution in [2.24, 2.45) is 9.98 Å². The topological polar surface area (TPSA) is 55.2 Å². The van der Waals surface area contributed by atoms with Gasteiger partial charge in [0.05, 0.1) is 14.2 Å². The van der Waals surface area contributed by atoms with E-state index in [1.54, 1.807) is 14.2 Å². The van der Waals surface area contributed by atoms with Crippen molar-refractivity contribution < 1.29 is 9.47 Å². The Balaban J connectivity index is 1.40. The van der Waals surface area contributed by atoms with E-state index in [1.807, 2.05) is 12.1 Å². The van der Waals surface area contributed by atoms with E-state index in [4.69, 9.17) is 19.5 Å². The standard InChI is InChI=1S/C25H25N3O2/c1-29-21-11-10-17(15-22(21)30-2)12-14-26-24-16-19-18-7-3-4-8-20(18)28-25(19)13-6-5-9-23(25)27-24/h3-7,9-11,15-16H,8,12-14H2,1-2H3,(H,26,27). The first-order valence-electron chi connectivity index (χ1n) is 10.3. The molecule has 0 aromatic heterocycles. The average molecular weight is 399 g/mol. The molecule has 5 heteroatoms. The van der Waals surface area contributed by atoms with Crippen molar-refractivity contribution in [2.75, 3.05) is 20.8 Å². The van der Waals surface area contributed by atoms with Crippen LogP contribution >= 0.6 is 0 Å². The van der Waals surface area contributed by atoms with Crippen LogP contribution in [0.4, 0.5) is 0 Å². The number of nitrogens with zero attached hydrogens (tertiary/aromatic N) is 2. The molecule has 4 aliphatic rings. The molecule has 0 amide bonds. The summed E-state index contributed by atoms with van der Waals surface area (Å²) in [4.78, 5) is 10.0. The molecule has 1 unspecified atom stereocenters. The van der Waals surface area contributed by atoms with Crippen LogP contribution in [0.3, 0.4) is 0 Å². The van der Waals surface area contributed by atoms with E-state index in [2.05, 4.69) is 53.9 Å². The van der Waals surface area contributed by atoms with Gasteiger partial charge in [0, 0.05) is 36.4 Å². The van der Waals surface area contributed by atoms with Crippen LogP contribution in [0.2, 0.25) is 0 Å². The first kappa shape index (κ1) is 18.7. The Kier molecular flexibility index (Phi) is 4.66. The van der Waals surface area contributed by atoms with Gasteiger partial charge in [-0.25, -0.2) is 0 Å². The summed E-state index contributed by atoms with van der Waals surface area (Å²) in [6.07, 6.45) is 17.7. The highest BCUT2D eigenvalue weighted by Gasteiger charge is 2.47. The van der Waals surface area contributed by atoms with E-state index < -0.39 is 0 Å². The van der Waals surface area contributed by atoms with Crippen LogP contribution in [0.1, 0.15) is 18.4 Å². The Labute approximate surface area is 176 Å². The predicted octanol–water partition coefficient (Wildman–Crippen LogP) is 4.10. The average Bonchev–Trinajstić information content (AvgIpc) is 3.11. The molecule has 30 heavy (non-hydrogen) atoms. The van der Waals surface area contributed by atoms with Gasteiger partial charge in [0.25, 0.3) is 0 Å². The number of fused-ring (bicyclic) bond motifs is 2. The lowest BCUT2D eigenvalue weighted by Gasteiger charge is -2.36. The molecular weight excluding hydrogens is 374 g/mol. The van der Waals surface area contributed by atoms with Crippen molar-refractivity contribution in [3.8, 4) is 11.5 Å². The van der Waals surface area contributed by atoms with Crippen LogP contribution in [-0.4, -0.2) is 37.9 Å². The van der Waals surface area contributed by atoms with Crippen LogP contribution in [0.25, 0.3) is 0 Å². The van der Waals surface area contributed by atoms with Crippen molar-refractivity contribution in [1.82, 2.24) is 5.32 Å². The zero-order valence-electron chi connectivity index (χ0n) is 17.3. The quantitative estimate of drug-likeness (QED) is 0.811. The molecule has 152 valence electrons. The number of amidine groups is 1. The number of aliphatic imine (C=N–C) groups is 2. The molecule has 0 bridgehead atoms. The van der Waals surface area contributed by atoms with E-state index in [9.17, 15) is 0 Å². The van der Waals surface area contributed by atoms with Crippen molar-refractivity contribution in [1.29, 1.82) is 0 Å². The van der Waals surface area contributed by atoms with Crippen LogP contribution in [0.15, 0.2) is 87.6 Å². The molecule has 2 aliphatic carbocycles. The SMILES string of the molecule is COc1ccc(CCN=C2C=C3C4=CC=CCC4=NC34CC=CC=C4N2)cc1OC. The van der Waals surface area contributed by atoms with Crippen molar-refractivity contribution in [3.05, 3.63) is 83.1 Å². The number of benzene rings is 1. The molecule has 5 nitrogen and oxygen atoms in total. The largest absolute Gasteiger partial charge is 0.493 e. The molecule has 1 aromatic carbocycles. The third-order valence-electron chi connectivity index (χ3n) is 6.01. The molecular formula is C25H25N3O2. The minimum atomic E-state index is -0.301. The Bertz CT molecular complexity index is 1100. The maximum atomic E-state index is 5.41. The van der Waals surface area contributed by atoms with Gasteiger partial charge in [0.1, 0.15) is 11.4 Å². The van der Waals surface area contributed by atoms with Gasteiger partial charge in [-0.2, -0.15) is 0 Å². The van der Waals surface area contributed by atoms with Gasteiger partial charge in [-0.3, -0.25) is 9.98 Å². The molecule has 1 spiro atoms. The van der Waals surface area contributed by atoms with Crippen LogP contribution in [-0.2, 0) is 6.42 Å². The minimum absolute atomic E-state index is 0.301. The summed E-state index contributed by atoms with van der Waals surface area (Å²) in [5, 5.41) is 3.54. The van der Waals surface area contributed by atoms with Crippen molar-refractivity contribution in [3.63, 3.8) is 0 Å². The maximum Gasteiger partial charge on any atom is 0.160 e. The third kappa shape index (κ3) is 3.02. The van der Waals surface area contributed by atoms with Crippen LogP contribution in [0.5, 0.6) is 11.5 Å². The fraction of sp³-hybridized carbons (Fsp3) is 0.280. The minimum Gasteiger partial charge on any atom is -0.493 e. The first-order chi connectivity index (χ1) is 14.7. The summed E-state index contributed by atoms with van der Waals surface area (Å²) in [6, 6.07) is 6.02. The Morgan fingerprint density at radius 3 is 2.83 bits per heavy atom. The lowest BCUT2D eigenvalue weighted by atomic mass is 9.77. The molecule has 5 rings (SSSR count). The van der Waals surface area contributed by atoms with E-state index in [0.717, 1.165) is 42.3 Å². The van der Waals surface area contributed by atoms with Crippen molar-refractivity contribution >= 4 is 11.5 Å². The van der Waals surface area contributed by atoms with Gasteiger partial charge in [0.15, 0.2) is 11.5 Å². The predicted molar refractivity (Wildman–Crippen MR) is 121 cm³/mol. The number of allylic oxidation sites excluding steroid dienone is 5. The zero-order valence-corrected chi connectivity index (χ0v) is 17.3. The lowest BCUT2D eigenvalue weighted by Crippen LogP contribution is -2.44. The van der Waals surface area contributed by atoms with E-state index in [-0.39, 0.29) is 5.54 Å². The third-order valence-corrected chi connectivity index (χ3v) is 6.01. The van der Waals surface area contributed by atoms with E-state index in [1.165, 1.54) is 22.4 Å². The zero-order chi connectivity index (χ0) is 20.6. The first-order valence-corrected chi connectivity index (χ1v) is 10.3. The molecule has 0 radical (unpaired) electrons. The molecule has 2 heterocycles. The number of hydrogen-bond donors (Lipinski definition) is 1. The Morgan fingerprint density at radius 2 is 1.97 bits per heavy atom. The maximum absolute atomic E-state index is 5.41. The Hall–Kier alpha value is -3.34. The van der Waals surface area contributed by atoms with Gasteiger partial charge in [-0.1, -0.05) is 36.4 Å². The molecule has 0 saturated heterocycles. The second kappa shape index (κ2) is 7.48. The summed E-state index contributed by atoms with van der Waals surface area (Å²) in [7, 11) is 3.31. The highest BCUT2D eigenvalue weighted by Crippen LogP contribution is 2.47. The number of nitrogens with one attached hydrogen (secondary N) is 1. The number of rotatable bonds is 5. The summed E-state index contributed by atoms with van der Waals surface area (Å²) >= 11 is 0. The lowest BCUT2D eigenvalue weighted by molar-refractivity contribution is 0.354. The molecule has 0 fully saturated rings. The van der Waals surface area contributed by atoms with Gasteiger partial charge in [-0.15, -0.1) is 0 Å². The monoisotopic (exact) mass is 399 g/mol. The van der Waals surface area contributed by atoms with Crippen molar-refractivity contribution in [2.45, 2.75) is 24.8 Å². The number of ether oxygens (including phenoxy) is 2. The second-order valence-electron chi connectivity index (χ2n) is 7.73. The normalized spacial score (nSPS) is 24.7. The van der Waals surface area contributed by atoms with Crippen LogP contribution in [0, 0.1) is 0 Å². The van der Waals surface area contributed by atoms with Gasteiger partial charge >= 0.3 is 0 Å². The fourth-order valence-electron chi connectivity index (χ4n) is 4.51. The summed E-state index contributed by atoms with van der Waals surface area (Å²) in [5.41, 5.74) is 5.69. The number of methoxy groups -OCH3 is 2. The summed E-state index contributed by atoms with van der Waals surface area (Å²) < 4.78 is 10.7. The summed E-state index contributed by atoms with van der Waals surface area (Å²) in [6.45, 7) is 0.685. The molecule has 2 aliphatic heterocycles. The molecule has 1 atom stereocenters. The molecule has 1 N–H and O–H groups in total. The van der Waals surface area contributed by atoms with E-state index >= 15 is 0 Å². The second-order valence-corrected chi connectivity index (χ2v) is 7.73. The highest BCUT2D eigenvalue weighted by atomic mass is 16.5. The smallest absolute Gasteiger partial charge is 0.160 e. The van der Waals surface area contributed by atoms with E-state index in [0.29, 0.717) is 6.54 Å². The number of hydrogen-bond acceptors (Lipinski definition) is 4. The highest BCUT2D eigenvalue weighted by molar-refractivity contribution is 6.13. The van der Waals surface area contributed by atoms with Crippen LogP contribution < -0.4 is 14.8 Å². The summed E-state index contributed by atoms with van der Waals surface area (Å²) in [5.74, 6) is 2.39. The van der Waals surface area contributed by atoms with Gasteiger partial charge < -0.3 is 14.8 Å². The molecule has 1 aromatic rings. The van der Waals surface area contributed by atoms with Gasteiger partial charge in [-0.05, 0) is 41.8 Å². The fourth-order valence-corrected chi connectivity index (χ4v) is 4.51. The molecule has 0 saturated carbocycles. The Morgan fingerprint density at radius 1 is 1.10 bits per heavy atom.